The van der Waals surface area contributed by atoms with Gasteiger partial charge in [-0.2, -0.15) is 0 Å². The smallest absolute Gasteiger partial charge is 0.200 e. The van der Waals surface area contributed by atoms with E-state index in [0.717, 1.165) is 33.4 Å². The van der Waals surface area contributed by atoms with Crippen LogP contribution in [0.1, 0.15) is 11.3 Å². The summed E-state index contributed by atoms with van der Waals surface area (Å²) in [6.07, 6.45) is 5.65. The number of rotatable bonds is 4. The van der Waals surface area contributed by atoms with Gasteiger partial charge >= 0.3 is 0 Å². The summed E-state index contributed by atoms with van der Waals surface area (Å²) in [6, 6.07) is 15.8. The second kappa shape index (κ2) is 7.29. The van der Waals surface area contributed by atoms with Crippen molar-refractivity contribution in [3.8, 4) is 22.8 Å². The van der Waals surface area contributed by atoms with Gasteiger partial charge in [0.05, 0.1) is 0 Å². The van der Waals surface area contributed by atoms with E-state index in [0.29, 0.717) is 16.4 Å². The number of benzene rings is 2. The molecule has 132 valence electrons. The fourth-order valence-corrected chi connectivity index (χ4v) is 3.28. The molecule has 0 N–H and O–H groups in total. The van der Waals surface area contributed by atoms with Crippen molar-refractivity contribution in [3.05, 3.63) is 83.3 Å². The van der Waals surface area contributed by atoms with E-state index >= 15 is 0 Å². The number of fused-ring (bicyclic) bond motifs is 1. The predicted molar refractivity (Wildman–Crippen MR) is 112 cm³/mol. The van der Waals surface area contributed by atoms with Crippen LogP contribution in [0, 0.1) is 6.92 Å². The first kappa shape index (κ1) is 17.4. The number of nitrogens with zero attached hydrogens (tertiary/aromatic N) is 3. The quantitative estimate of drug-likeness (QED) is 0.369. The van der Waals surface area contributed by atoms with Gasteiger partial charge in [0.2, 0.25) is 4.73 Å². The molecule has 5 heteroatoms. The Kier molecular flexibility index (Phi) is 4.69. The lowest BCUT2D eigenvalue weighted by Gasteiger charge is -2.05. The highest BCUT2D eigenvalue weighted by molar-refractivity contribution is 9.10. The maximum Gasteiger partial charge on any atom is 0.200 e. The Morgan fingerprint density at radius 2 is 1.70 bits per heavy atom. The lowest BCUT2D eigenvalue weighted by atomic mass is 10.1. The van der Waals surface area contributed by atoms with Crippen LogP contribution in [0.4, 0.5) is 0 Å². The highest BCUT2D eigenvalue weighted by atomic mass is 79.9. The summed E-state index contributed by atoms with van der Waals surface area (Å²) in [6.45, 7) is 5.67. The summed E-state index contributed by atoms with van der Waals surface area (Å²) in [4.78, 5) is 13.5. The third-order valence-electron chi connectivity index (χ3n) is 4.21. The van der Waals surface area contributed by atoms with Crippen LogP contribution in [0.5, 0.6) is 0 Å². The Morgan fingerprint density at radius 3 is 2.44 bits per heavy atom. The van der Waals surface area contributed by atoms with E-state index in [2.05, 4.69) is 37.5 Å². The Morgan fingerprint density at radius 1 is 0.963 bits per heavy atom. The van der Waals surface area contributed by atoms with Gasteiger partial charge in [-0.3, -0.25) is 0 Å². The topological polar surface area (TPSA) is 51.8 Å². The molecular weight excluding hydrogens is 402 g/mol. The Balaban J connectivity index is 1.82. The minimum atomic E-state index is 0.497. The Bertz CT molecular complexity index is 1160. The molecule has 2 aromatic carbocycles. The normalized spacial score (nSPS) is 11.3. The van der Waals surface area contributed by atoms with Crippen molar-refractivity contribution in [3.63, 3.8) is 0 Å². The van der Waals surface area contributed by atoms with Gasteiger partial charge in [0.25, 0.3) is 0 Å². The second-order valence-corrected chi connectivity index (χ2v) is 6.70. The van der Waals surface area contributed by atoms with Gasteiger partial charge in [0, 0.05) is 22.1 Å². The molecule has 0 aliphatic rings. The van der Waals surface area contributed by atoms with Crippen LogP contribution in [-0.4, -0.2) is 15.0 Å². The molecular formula is C22H16BrN3O. The minimum Gasteiger partial charge on any atom is -0.461 e. The number of hydrogen-bond acceptors (Lipinski definition) is 4. The first-order valence-electron chi connectivity index (χ1n) is 8.45. The third-order valence-corrected chi connectivity index (χ3v) is 4.57. The first-order chi connectivity index (χ1) is 13.2. The standard InChI is InChI=1S/C22H16BrN3O/c1-3-4-10-17-14(2)27-19-13-16(11-12-18(17)19)21-24-20(25-22(23)26-21)15-8-6-5-7-9-15/h3-13H,1H2,2H3/b10-4-. The number of hydrogen-bond donors (Lipinski definition) is 0. The fourth-order valence-electron chi connectivity index (χ4n) is 2.94. The van der Waals surface area contributed by atoms with Crippen LogP contribution >= 0.6 is 15.9 Å². The molecule has 2 heterocycles. The van der Waals surface area contributed by atoms with Gasteiger partial charge in [0.15, 0.2) is 11.6 Å². The summed E-state index contributed by atoms with van der Waals surface area (Å²) in [5.41, 5.74) is 3.66. The van der Waals surface area contributed by atoms with Crippen molar-refractivity contribution in [2.45, 2.75) is 6.92 Å². The molecule has 0 fully saturated rings. The first-order valence-corrected chi connectivity index (χ1v) is 9.24. The molecule has 0 aliphatic heterocycles. The molecule has 27 heavy (non-hydrogen) atoms. The zero-order chi connectivity index (χ0) is 18.8. The van der Waals surface area contributed by atoms with E-state index in [-0.39, 0.29) is 0 Å². The molecule has 4 aromatic rings. The Hall–Kier alpha value is -3.05. The minimum absolute atomic E-state index is 0.497. The third kappa shape index (κ3) is 3.46. The molecule has 0 spiro atoms. The number of halogens is 1. The maximum atomic E-state index is 5.93. The number of furan rings is 1. The van der Waals surface area contributed by atoms with Gasteiger partial charge in [-0.05, 0) is 35.0 Å². The van der Waals surface area contributed by atoms with Gasteiger partial charge in [-0.25, -0.2) is 15.0 Å². The molecule has 0 saturated heterocycles. The van der Waals surface area contributed by atoms with Crippen LogP contribution in [0.15, 0.2) is 76.4 Å². The van der Waals surface area contributed by atoms with Crippen molar-refractivity contribution in [2.75, 3.05) is 0 Å². The molecule has 2 aromatic heterocycles. The van der Waals surface area contributed by atoms with Crippen molar-refractivity contribution >= 4 is 33.0 Å². The van der Waals surface area contributed by atoms with Gasteiger partial charge in [0.1, 0.15) is 11.3 Å². The van der Waals surface area contributed by atoms with E-state index < -0.39 is 0 Å². The average molecular weight is 418 g/mol. The van der Waals surface area contributed by atoms with Crippen molar-refractivity contribution in [2.24, 2.45) is 0 Å². The van der Waals surface area contributed by atoms with Crippen LogP contribution in [0.2, 0.25) is 0 Å². The van der Waals surface area contributed by atoms with Crippen LogP contribution in [0.3, 0.4) is 0 Å². The molecule has 0 saturated carbocycles. The number of aryl methyl sites for hydroxylation is 1. The molecule has 0 aliphatic carbocycles. The SMILES string of the molecule is C=C/C=C\c1c(C)oc2cc(-c3nc(Br)nc(-c4ccccc4)n3)ccc12. The summed E-state index contributed by atoms with van der Waals surface area (Å²) in [5.74, 6) is 2.08. The largest absolute Gasteiger partial charge is 0.461 e. The zero-order valence-corrected chi connectivity index (χ0v) is 16.3. The van der Waals surface area contributed by atoms with Gasteiger partial charge in [-0.1, -0.05) is 61.2 Å². The summed E-state index contributed by atoms with van der Waals surface area (Å²) >= 11 is 3.40. The van der Waals surface area contributed by atoms with E-state index in [1.54, 1.807) is 6.08 Å². The molecule has 4 nitrogen and oxygen atoms in total. The average Bonchev–Trinajstić information content (AvgIpc) is 3.00. The molecule has 4 rings (SSSR count). The molecule has 0 radical (unpaired) electrons. The Labute approximate surface area is 165 Å². The molecule has 0 amide bonds. The van der Waals surface area contributed by atoms with Crippen molar-refractivity contribution < 1.29 is 4.42 Å². The fraction of sp³-hybridized carbons (Fsp3) is 0.0455. The summed E-state index contributed by atoms with van der Waals surface area (Å²) < 4.78 is 6.43. The monoisotopic (exact) mass is 417 g/mol. The maximum absolute atomic E-state index is 5.93. The zero-order valence-electron chi connectivity index (χ0n) is 14.7. The van der Waals surface area contributed by atoms with E-state index in [1.165, 1.54) is 0 Å². The van der Waals surface area contributed by atoms with E-state index in [4.69, 9.17) is 4.42 Å². The van der Waals surface area contributed by atoms with Crippen LogP contribution < -0.4 is 0 Å². The lowest BCUT2D eigenvalue weighted by Crippen LogP contribution is -1.97. The number of allylic oxidation sites excluding steroid dienone is 2. The highest BCUT2D eigenvalue weighted by Crippen LogP contribution is 2.31. The predicted octanol–water partition coefficient (Wildman–Crippen LogP) is 6.22. The van der Waals surface area contributed by atoms with E-state index in [1.807, 2.05) is 67.6 Å². The summed E-state index contributed by atoms with van der Waals surface area (Å²) in [7, 11) is 0. The van der Waals surface area contributed by atoms with Crippen LogP contribution in [-0.2, 0) is 0 Å². The second-order valence-electron chi connectivity index (χ2n) is 6.00. The van der Waals surface area contributed by atoms with Crippen molar-refractivity contribution in [1.82, 2.24) is 15.0 Å². The number of aromatic nitrogens is 3. The highest BCUT2D eigenvalue weighted by Gasteiger charge is 2.13. The van der Waals surface area contributed by atoms with E-state index in [9.17, 15) is 0 Å². The van der Waals surface area contributed by atoms with Crippen LogP contribution in [0.25, 0.3) is 39.8 Å². The molecule has 0 bridgehead atoms. The molecule has 0 unspecified atom stereocenters. The lowest BCUT2D eigenvalue weighted by molar-refractivity contribution is 0.577. The molecule has 0 atom stereocenters. The van der Waals surface area contributed by atoms with Crippen molar-refractivity contribution in [1.29, 1.82) is 0 Å². The van der Waals surface area contributed by atoms with Gasteiger partial charge in [-0.15, -0.1) is 0 Å². The summed E-state index contributed by atoms with van der Waals surface area (Å²) in [5, 5.41) is 1.05. The van der Waals surface area contributed by atoms with Gasteiger partial charge < -0.3 is 4.42 Å².